The summed E-state index contributed by atoms with van der Waals surface area (Å²) in [6.07, 6.45) is 0.964. The molecule has 0 radical (unpaired) electrons. The van der Waals surface area contributed by atoms with E-state index in [4.69, 9.17) is 32.7 Å². The lowest BCUT2D eigenvalue weighted by molar-refractivity contribution is -0.147. The van der Waals surface area contributed by atoms with Crippen LogP contribution in [0.3, 0.4) is 0 Å². The molecule has 4 aromatic rings. The normalized spacial score (nSPS) is 13.0. The number of halogens is 2. The molecule has 46 heavy (non-hydrogen) atoms. The molecule has 0 saturated heterocycles. The SMILES string of the molecule is COc1ccccc1P(=O)(O)C#Cc1cc(Cl)c(C(=O)N[C@@H](Cc2cccc(S(C)(=O)=O)c2)C(=O)OCc2ccccc2)c(Cl)c1. The molecule has 2 N–H and O–H groups in total. The Bertz CT molecular complexity index is 1970. The number of amides is 1. The zero-order valence-corrected chi connectivity index (χ0v) is 27.8. The number of carbonyl (C=O) groups is 2. The first-order valence-electron chi connectivity index (χ1n) is 13.6. The van der Waals surface area contributed by atoms with E-state index < -0.39 is 35.1 Å². The second kappa shape index (κ2) is 15.0. The van der Waals surface area contributed by atoms with Gasteiger partial charge < -0.3 is 19.7 Å². The Labute approximate surface area is 276 Å². The summed E-state index contributed by atoms with van der Waals surface area (Å²) in [5.74, 6) is 1.20. The van der Waals surface area contributed by atoms with Crippen LogP contribution >= 0.6 is 30.6 Å². The van der Waals surface area contributed by atoms with Gasteiger partial charge in [0.05, 0.1) is 32.9 Å². The Hall–Kier alpha value is -4.10. The van der Waals surface area contributed by atoms with Crippen molar-refractivity contribution in [3.63, 3.8) is 0 Å². The fourth-order valence-electron chi connectivity index (χ4n) is 4.33. The van der Waals surface area contributed by atoms with Crippen molar-refractivity contribution in [3.05, 3.63) is 123 Å². The molecule has 0 fully saturated rings. The highest BCUT2D eigenvalue weighted by Gasteiger charge is 2.27. The smallest absolute Gasteiger partial charge is 0.329 e. The monoisotopic (exact) mass is 699 g/mol. The minimum absolute atomic E-state index is 0.0189. The highest BCUT2D eigenvalue weighted by molar-refractivity contribution is 7.90. The van der Waals surface area contributed by atoms with E-state index in [1.54, 1.807) is 42.5 Å². The van der Waals surface area contributed by atoms with Crippen molar-refractivity contribution in [2.45, 2.75) is 24.0 Å². The van der Waals surface area contributed by atoms with Gasteiger partial charge in [-0.3, -0.25) is 9.36 Å². The van der Waals surface area contributed by atoms with Crippen molar-refractivity contribution in [1.29, 1.82) is 0 Å². The fourth-order valence-corrected chi connectivity index (χ4v) is 6.84. The van der Waals surface area contributed by atoms with Gasteiger partial charge in [-0.15, -0.1) is 0 Å². The summed E-state index contributed by atoms with van der Waals surface area (Å²) >= 11 is 12.9. The largest absolute Gasteiger partial charge is 0.496 e. The Balaban J connectivity index is 1.60. The average molecular weight is 701 g/mol. The first-order chi connectivity index (χ1) is 21.8. The van der Waals surface area contributed by atoms with Gasteiger partial charge in [-0.1, -0.05) is 83.7 Å². The Morgan fingerprint density at radius 2 is 1.57 bits per heavy atom. The Morgan fingerprint density at radius 1 is 0.935 bits per heavy atom. The van der Waals surface area contributed by atoms with Gasteiger partial charge in [0.25, 0.3) is 5.91 Å². The molecule has 0 heterocycles. The van der Waals surface area contributed by atoms with E-state index in [2.05, 4.69) is 16.9 Å². The average Bonchev–Trinajstić information content (AvgIpc) is 3.02. The number of benzene rings is 4. The van der Waals surface area contributed by atoms with Crippen LogP contribution in [0.5, 0.6) is 5.75 Å². The number of para-hydroxylation sites is 1. The number of esters is 1. The topological polar surface area (TPSA) is 136 Å². The maximum Gasteiger partial charge on any atom is 0.329 e. The van der Waals surface area contributed by atoms with Gasteiger partial charge in [0.1, 0.15) is 18.4 Å². The molecular formula is C33H28Cl2NO8PS. The highest BCUT2D eigenvalue weighted by atomic mass is 35.5. The molecule has 0 aliphatic heterocycles. The molecule has 0 aliphatic carbocycles. The van der Waals surface area contributed by atoms with Crippen LogP contribution in [0.1, 0.15) is 27.0 Å². The molecule has 1 unspecified atom stereocenters. The quantitative estimate of drug-likeness (QED) is 0.128. The molecular weight excluding hydrogens is 672 g/mol. The van der Waals surface area contributed by atoms with Crippen molar-refractivity contribution >= 4 is 57.6 Å². The standard InChI is InChI=1S/C33H28Cl2NO8PS/c1-43-29-13-6-7-14-30(29)45(39,40)16-15-24-18-26(34)31(27(35)19-24)32(37)36-28(33(38)44-21-22-9-4-3-5-10-22)20-23-11-8-12-25(17-23)46(2,41)42/h3-14,17-19,28H,20-21H2,1-2H3,(H,36,37)(H,39,40)/t28-/m0/s1. The zero-order valence-electron chi connectivity index (χ0n) is 24.6. The van der Waals surface area contributed by atoms with Gasteiger partial charge in [0.2, 0.25) is 0 Å². The second-order valence-corrected chi connectivity index (χ2v) is 14.7. The second-order valence-electron chi connectivity index (χ2n) is 10.0. The van der Waals surface area contributed by atoms with Crippen molar-refractivity contribution in [2.75, 3.05) is 13.4 Å². The van der Waals surface area contributed by atoms with E-state index in [1.807, 2.05) is 6.07 Å². The van der Waals surface area contributed by atoms with Crippen molar-refractivity contribution in [1.82, 2.24) is 5.32 Å². The minimum Gasteiger partial charge on any atom is -0.496 e. The van der Waals surface area contributed by atoms with Gasteiger partial charge in [-0.05, 0) is 53.2 Å². The summed E-state index contributed by atoms with van der Waals surface area (Å²) in [4.78, 5) is 37.3. The molecule has 13 heteroatoms. The Morgan fingerprint density at radius 3 is 2.22 bits per heavy atom. The molecule has 1 amide bonds. The number of nitrogens with one attached hydrogen (secondary N) is 1. The van der Waals surface area contributed by atoms with Crippen LogP contribution in [0.2, 0.25) is 10.0 Å². The maximum atomic E-state index is 13.5. The maximum absolute atomic E-state index is 13.5. The van der Waals surface area contributed by atoms with E-state index in [1.165, 1.54) is 49.6 Å². The van der Waals surface area contributed by atoms with Crippen molar-refractivity contribution < 1.29 is 36.9 Å². The van der Waals surface area contributed by atoms with Crippen LogP contribution in [0.25, 0.3) is 0 Å². The zero-order chi connectivity index (χ0) is 33.5. The van der Waals surface area contributed by atoms with Crippen molar-refractivity contribution in [3.8, 4) is 17.3 Å². The third-order valence-electron chi connectivity index (χ3n) is 6.61. The molecule has 0 bridgehead atoms. The van der Waals surface area contributed by atoms with E-state index >= 15 is 0 Å². The van der Waals surface area contributed by atoms with Gasteiger partial charge in [0, 0.05) is 18.2 Å². The molecule has 0 aromatic heterocycles. The fraction of sp³-hybridized carbons (Fsp3) is 0.152. The van der Waals surface area contributed by atoms with Crippen LogP contribution in [-0.2, 0) is 37.0 Å². The van der Waals surface area contributed by atoms with Crippen LogP contribution in [-0.4, -0.2) is 44.6 Å². The highest BCUT2D eigenvalue weighted by Crippen LogP contribution is 2.41. The third kappa shape index (κ3) is 9.00. The summed E-state index contributed by atoms with van der Waals surface area (Å²) in [5.41, 5.74) is 3.51. The molecule has 0 spiro atoms. The number of hydrogen-bond acceptors (Lipinski definition) is 7. The van der Waals surface area contributed by atoms with E-state index in [-0.39, 0.29) is 50.1 Å². The van der Waals surface area contributed by atoms with E-state index in [0.717, 1.165) is 11.8 Å². The van der Waals surface area contributed by atoms with Crippen LogP contribution < -0.4 is 15.4 Å². The summed E-state index contributed by atoms with van der Waals surface area (Å²) in [6.45, 7) is -0.0616. The molecule has 0 aliphatic rings. The number of rotatable bonds is 10. The molecule has 238 valence electrons. The summed E-state index contributed by atoms with van der Waals surface area (Å²) < 4.78 is 47.8. The van der Waals surface area contributed by atoms with Crippen molar-refractivity contribution in [2.24, 2.45) is 0 Å². The lowest BCUT2D eigenvalue weighted by atomic mass is 10.0. The third-order valence-corrected chi connectivity index (χ3v) is 9.76. The van der Waals surface area contributed by atoms with Crippen LogP contribution in [0.4, 0.5) is 0 Å². The van der Waals surface area contributed by atoms with Crippen LogP contribution in [0, 0.1) is 11.6 Å². The first kappa shape index (κ1) is 34.8. The minimum atomic E-state index is -4.17. The van der Waals surface area contributed by atoms with Gasteiger partial charge >= 0.3 is 13.3 Å². The molecule has 2 atom stereocenters. The van der Waals surface area contributed by atoms with Gasteiger partial charge in [0.15, 0.2) is 9.84 Å². The number of hydrogen-bond donors (Lipinski definition) is 2. The number of carbonyl (C=O) groups excluding carboxylic acids is 2. The number of sulfone groups is 1. The molecule has 9 nitrogen and oxygen atoms in total. The summed E-state index contributed by atoms with van der Waals surface area (Å²) in [7, 11) is -6.33. The molecule has 4 aromatic carbocycles. The van der Waals surface area contributed by atoms with E-state index in [0.29, 0.717) is 5.56 Å². The summed E-state index contributed by atoms with van der Waals surface area (Å²) in [5, 5.41) is 2.36. The van der Waals surface area contributed by atoms with Crippen LogP contribution in [0.15, 0.2) is 95.9 Å². The predicted octanol–water partition coefficient (Wildman–Crippen LogP) is 5.39. The number of methoxy groups -OCH3 is 1. The predicted molar refractivity (Wildman–Crippen MR) is 177 cm³/mol. The van der Waals surface area contributed by atoms with Gasteiger partial charge in [-0.2, -0.15) is 0 Å². The molecule has 0 saturated carbocycles. The lowest BCUT2D eigenvalue weighted by Crippen LogP contribution is -2.43. The molecule has 4 rings (SSSR count). The number of ether oxygens (including phenoxy) is 2. The lowest BCUT2D eigenvalue weighted by Gasteiger charge is -2.19. The Kier molecular flexibility index (Phi) is 11.3. The van der Waals surface area contributed by atoms with E-state index in [9.17, 15) is 27.5 Å². The van der Waals surface area contributed by atoms with Gasteiger partial charge in [-0.25, -0.2) is 13.2 Å². The summed E-state index contributed by atoms with van der Waals surface area (Å²) in [6, 6.07) is 22.5. The first-order valence-corrected chi connectivity index (χ1v) is 17.9.